The van der Waals surface area contributed by atoms with Crippen LogP contribution in [-0.4, -0.2) is 89.0 Å². The number of aromatic nitrogens is 4. The fourth-order valence-corrected chi connectivity index (χ4v) is 6.11. The highest BCUT2D eigenvalue weighted by molar-refractivity contribution is 7.92. The van der Waals surface area contributed by atoms with Crippen molar-refractivity contribution in [3.05, 3.63) is 35.3 Å². The number of aromatic amines is 1. The first-order valence-corrected chi connectivity index (χ1v) is 13.2. The summed E-state index contributed by atoms with van der Waals surface area (Å²) in [5.74, 6) is 1.73. The van der Waals surface area contributed by atoms with Gasteiger partial charge in [-0.15, -0.1) is 15.7 Å². The smallest absolute Gasteiger partial charge is 0.163 e. The van der Waals surface area contributed by atoms with Gasteiger partial charge >= 0.3 is 0 Å². The largest absolute Gasteiger partial charge is 0.378 e. The van der Waals surface area contributed by atoms with E-state index in [1.54, 1.807) is 11.3 Å². The summed E-state index contributed by atoms with van der Waals surface area (Å²) in [6, 6.07) is 8.40. The molecule has 2 aliphatic rings. The predicted molar refractivity (Wildman–Crippen MR) is 138 cm³/mol. The third kappa shape index (κ3) is 4.87. The van der Waals surface area contributed by atoms with Gasteiger partial charge in [0.2, 0.25) is 0 Å². The zero-order chi connectivity index (χ0) is 23.6. The maximum atomic E-state index is 5.61. The molecule has 5 heterocycles. The first-order chi connectivity index (χ1) is 17.3. The summed E-state index contributed by atoms with van der Waals surface area (Å²) in [4.78, 5) is 22.0. The van der Waals surface area contributed by atoms with Crippen molar-refractivity contribution in [1.82, 2.24) is 29.4 Å². The third-order valence-electron chi connectivity index (χ3n) is 6.37. The van der Waals surface area contributed by atoms with Crippen molar-refractivity contribution in [3.8, 4) is 11.4 Å². The Hall–Kier alpha value is -2.32. The minimum atomic E-state index is 0.713. The molecule has 0 radical (unpaired) electrons. The van der Waals surface area contributed by atoms with Crippen LogP contribution >= 0.6 is 23.6 Å². The summed E-state index contributed by atoms with van der Waals surface area (Å²) in [6.07, 6.45) is 1.85. The van der Waals surface area contributed by atoms with Gasteiger partial charge in [0.1, 0.15) is 22.9 Å². The first-order valence-electron chi connectivity index (χ1n) is 11.7. The first kappa shape index (κ1) is 23.1. The lowest BCUT2D eigenvalue weighted by Crippen LogP contribution is -2.42. The summed E-state index contributed by atoms with van der Waals surface area (Å²) in [6.45, 7) is 7.79. The van der Waals surface area contributed by atoms with E-state index in [-0.39, 0.29) is 0 Å². The minimum Gasteiger partial charge on any atom is -0.378 e. The number of nitrogens with zero attached hydrogens (tertiary/aromatic N) is 6. The summed E-state index contributed by atoms with van der Waals surface area (Å²) in [5.41, 5.74) is 1.98. The Balaban J connectivity index is 1.32. The molecule has 6 rings (SSSR count). The van der Waals surface area contributed by atoms with Crippen LogP contribution in [0, 0.1) is 0 Å². The van der Waals surface area contributed by atoms with Gasteiger partial charge in [0.25, 0.3) is 0 Å². The van der Waals surface area contributed by atoms with Gasteiger partial charge in [-0.1, -0.05) is 12.1 Å². The standard InChI is InChI=1S/C23H27N7O3S2/c1-31-33-35-30-7-5-28(6-8-30)15-16-13-18-22(29-9-11-32-12-10-29)25-21(26-23(18)34-16)17-3-2-4-20-19(17)14-24-27-20/h2-4,13-14H,5-12,15H2,1H3,(H,24,27). The molecule has 0 amide bonds. The number of morpholine rings is 1. The maximum absolute atomic E-state index is 5.61. The molecule has 12 heteroatoms. The number of hydrogen-bond donors (Lipinski definition) is 1. The van der Waals surface area contributed by atoms with Crippen LogP contribution in [0.15, 0.2) is 30.5 Å². The fourth-order valence-electron chi connectivity index (χ4n) is 4.59. The SMILES string of the molecule is COOSN1CCN(Cc2cc3c(N4CCOCC4)nc(-c4cccc5[nH]ncc45)nc3s2)CC1. The van der Waals surface area contributed by atoms with E-state index in [0.29, 0.717) is 13.2 Å². The summed E-state index contributed by atoms with van der Waals surface area (Å²) in [5, 5.41) is 9.43. The van der Waals surface area contributed by atoms with Gasteiger partial charge in [-0.2, -0.15) is 5.10 Å². The molecular formula is C23H27N7O3S2. The second kappa shape index (κ2) is 10.3. The topological polar surface area (TPSA) is 91.9 Å². The zero-order valence-electron chi connectivity index (χ0n) is 19.5. The second-order valence-electron chi connectivity index (χ2n) is 8.55. The number of rotatable bonds is 7. The van der Waals surface area contributed by atoms with Gasteiger partial charge in [0.15, 0.2) is 5.82 Å². The number of benzene rings is 1. The molecule has 2 saturated heterocycles. The second-order valence-corrected chi connectivity index (χ2v) is 10.5. The Morgan fingerprint density at radius 1 is 1.09 bits per heavy atom. The van der Waals surface area contributed by atoms with E-state index in [9.17, 15) is 0 Å². The van der Waals surface area contributed by atoms with E-state index < -0.39 is 0 Å². The molecule has 0 unspecified atom stereocenters. The van der Waals surface area contributed by atoms with Gasteiger partial charge in [0, 0.05) is 61.6 Å². The number of anilines is 1. The van der Waals surface area contributed by atoms with Crippen molar-refractivity contribution in [1.29, 1.82) is 0 Å². The molecule has 1 N–H and O–H groups in total. The fraction of sp³-hybridized carbons (Fsp3) is 0.435. The van der Waals surface area contributed by atoms with E-state index >= 15 is 0 Å². The quantitative estimate of drug-likeness (QED) is 0.172. The molecule has 2 aliphatic heterocycles. The van der Waals surface area contributed by atoms with Gasteiger partial charge in [-0.3, -0.25) is 10.00 Å². The lowest BCUT2D eigenvalue weighted by atomic mass is 10.1. The number of thiophene rings is 1. The van der Waals surface area contributed by atoms with E-state index in [1.807, 2.05) is 18.3 Å². The molecular weight excluding hydrogens is 486 g/mol. The Bertz CT molecular complexity index is 1300. The average Bonchev–Trinajstić information content (AvgIpc) is 3.55. The predicted octanol–water partition coefficient (Wildman–Crippen LogP) is 3.33. The summed E-state index contributed by atoms with van der Waals surface area (Å²) < 4.78 is 12.8. The van der Waals surface area contributed by atoms with Crippen LogP contribution in [0.5, 0.6) is 0 Å². The molecule has 0 saturated carbocycles. The number of piperazine rings is 1. The van der Waals surface area contributed by atoms with Crippen molar-refractivity contribution >= 4 is 50.5 Å². The van der Waals surface area contributed by atoms with Crippen molar-refractivity contribution < 1.29 is 14.0 Å². The van der Waals surface area contributed by atoms with Crippen LogP contribution in [0.3, 0.4) is 0 Å². The van der Waals surface area contributed by atoms with Crippen molar-refractivity contribution in [2.24, 2.45) is 0 Å². The van der Waals surface area contributed by atoms with Crippen molar-refractivity contribution in [2.45, 2.75) is 6.54 Å². The van der Waals surface area contributed by atoms with Crippen LogP contribution < -0.4 is 4.90 Å². The monoisotopic (exact) mass is 513 g/mol. The Kier molecular flexibility index (Phi) is 6.83. The molecule has 0 aliphatic carbocycles. The summed E-state index contributed by atoms with van der Waals surface area (Å²) in [7, 11) is 1.53. The highest BCUT2D eigenvalue weighted by Gasteiger charge is 2.23. The van der Waals surface area contributed by atoms with Crippen molar-refractivity contribution in [2.75, 3.05) is 64.5 Å². The molecule has 0 atom stereocenters. The summed E-state index contributed by atoms with van der Waals surface area (Å²) >= 11 is 3.04. The number of hydrogen-bond acceptors (Lipinski definition) is 11. The van der Waals surface area contributed by atoms with Crippen LogP contribution in [0.1, 0.15) is 4.88 Å². The van der Waals surface area contributed by atoms with E-state index in [2.05, 4.69) is 36.4 Å². The lowest BCUT2D eigenvalue weighted by molar-refractivity contribution is -0.164. The number of H-pyrrole nitrogens is 1. The molecule has 3 aromatic heterocycles. The minimum absolute atomic E-state index is 0.713. The van der Waals surface area contributed by atoms with E-state index in [1.165, 1.54) is 24.2 Å². The average molecular weight is 514 g/mol. The Morgan fingerprint density at radius 2 is 1.94 bits per heavy atom. The lowest BCUT2D eigenvalue weighted by Gasteiger charge is -2.32. The van der Waals surface area contributed by atoms with Gasteiger partial charge in [0.05, 0.1) is 37.4 Å². The Labute approximate surface area is 211 Å². The molecule has 2 fully saturated rings. The zero-order valence-corrected chi connectivity index (χ0v) is 21.1. The normalized spacial score (nSPS) is 18.1. The van der Waals surface area contributed by atoms with Gasteiger partial charge in [-0.05, 0) is 12.1 Å². The number of nitrogens with one attached hydrogen (secondary N) is 1. The highest BCUT2D eigenvalue weighted by Crippen LogP contribution is 2.36. The van der Waals surface area contributed by atoms with Gasteiger partial charge < -0.3 is 9.64 Å². The molecule has 0 spiro atoms. The molecule has 184 valence electrons. The van der Waals surface area contributed by atoms with Crippen LogP contribution in [0.2, 0.25) is 0 Å². The maximum Gasteiger partial charge on any atom is 0.163 e. The van der Waals surface area contributed by atoms with Crippen LogP contribution in [0.25, 0.3) is 32.5 Å². The highest BCUT2D eigenvalue weighted by atomic mass is 32.2. The molecule has 35 heavy (non-hydrogen) atoms. The molecule has 1 aromatic carbocycles. The Morgan fingerprint density at radius 3 is 2.77 bits per heavy atom. The molecule has 10 nitrogen and oxygen atoms in total. The van der Waals surface area contributed by atoms with E-state index in [0.717, 1.165) is 84.1 Å². The van der Waals surface area contributed by atoms with E-state index in [4.69, 9.17) is 23.9 Å². The third-order valence-corrected chi connectivity index (χ3v) is 8.16. The number of ether oxygens (including phenoxy) is 1. The van der Waals surface area contributed by atoms with Crippen LogP contribution in [0.4, 0.5) is 5.82 Å². The molecule has 0 bridgehead atoms. The van der Waals surface area contributed by atoms with Gasteiger partial charge in [-0.25, -0.2) is 19.2 Å². The van der Waals surface area contributed by atoms with Crippen LogP contribution in [-0.2, 0) is 20.5 Å². The van der Waals surface area contributed by atoms with Crippen molar-refractivity contribution in [3.63, 3.8) is 0 Å². The molecule has 4 aromatic rings. The number of fused-ring (bicyclic) bond motifs is 2.